The first kappa shape index (κ1) is 18.3. The van der Waals surface area contributed by atoms with Crippen molar-refractivity contribution in [1.82, 2.24) is 9.80 Å². The molecule has 0 aromatic heterocycles. The van der Waals surface area contributed by atoms with E-state index in [9.17, 15) is 9.59 Å². The van der Waals surface area contributed by atoms with Crippen LogP contribution in [0.4, 0.5) is 4.79 Å². The van der Waals surface area contributed by atoms with Gasteiger partial charge >= 0.3 is 12.1 Å². The summed E-state index contributed by atoms with van der Waals surface area (Å²) >= 11 is 5.51. The van der Waals surface area contributed by atoms with Crippen LogP contribution in [0.25, 0.3) is 0 Å². The van der Waals surface area contributed by atoms with Gasteiger partial charge in [-0.3, -0.25) is 9.69 Å². The van der Waals surface area contributed by atoms with E-state index in [1.807, 2.05) is 20.8 Å². The normalized spacial score (nSPS) is 26.2. The first-order valence-electron chi connectivity index (χ1n) is 8.24. The monoisotopic (exact) mass is 346 g/mol. The van der Waals surface area contributed by atoms with Crippen LogP contribution >= 0.6 is 11.6 Å². The van der Waals surface area contributed by atoms with Gasteiger partial charge in [0.15, 0.2) is 6.07 Å². The molecule has 7 heteroatoms. The molecule has 2 fully saturated rings. The summed E-state index contributed by atoms with van der Waals surface area (Å²) in [5.41, 5.74) is -0.552. The molecule has 2 aliphatic heterocycles. The lowest BCUT2D eigenvalue weighted by molar-refractivity contribution is -0.149. The van der Waals surface area contributed by atoms with Gasteiger partial charge in [-0.25, -0.2) is 4.79 Å². The van der Waals surface area contributed by atoms with E-state index in [4.69, 9.17) is 21.1 Å². The Morgan fingerprint density at radius 2 is 1.83 bits per heavy atom. The highest BCUT2D eigenvalue weighted by molar-refractivity contribution is 6.17. The number of hydrogen-bond donors (Lipinski definition) is 0. The Kier molecular flexibility index (Phi) is 6.14. The Morgan fingerprint density at radius 1 is 1.17 bits per heavy atom. The fraction of sp³-hybridized carbons (Fsp3) is 0.875. The zero-order valence-electron chi connectivity index (χ0n) is 14.2. The SMILES string of the molecule is CC(C)(C)OC(=O)N1CC(C(=O)OCCl)CC(N2CCCC2)C1. The molecule has 0 aromatic carbocycles. The first-order valence-corrected chi connectivity index (χ1v) is 8.78. The Labute approximate surface area is 143 Å². The maximum absolute atomic E-state index is 12.4. The highest BCUT2D eigenvalue weighted by Crippen LogP contribution is 2.26. The van der Waals surface area contributed by atoms with Gasteiger partial charge in [-0.05, 0) is 53.1 Å². The quantitative estimate of drug-likeness (QED) is 0.580. The number of esters is 1. The van der Waals surface area contributed by atoms with Crippen LogP contribution in [0.2, 0.25) is 0 Å². The predicted octanol–water partition coefficient (Wildman–Crippen LogP) is 2.45. The number of carbonyl (C=O) groups excluding carboxylic acids is 2. The van der Waals surface area contributed by atoms with Crippen molar-refractivity contribution < 1.29 is 19.1 Å². The molecular formula is C16H27ClN2O4. The second-order valence-electron chi connectivity index (χ2n) is 7.29. The molecular weight excluding hydrogens is 320 g/mol. The molecule has 1 amide bonds. The number of halogens is 1. The van der Waals surface area contributed by atoms with Crippen LogP contribution in [0.15, 0.2) is 0 Å². The van der Waals surface area contributed by atoms with Crippen LogP contribution in [0.3, 0.4) is 0 Å². The molecule has 2 saturated heterocycles. The van der Waals surface area contributed by atoms with Crippen LogP contribution in [-0.4, -0.2) is 65.8 Å². The van der Waals surface area contributed by atoms with E-state index in [0.29, 0.717) is 19.5 Å². The highest BCUT2D eigenvalue weighted by atomic mass is 35.5. The second kappa shape index (κ2) is 7.71. The Bertz CT molecular complexity index is 432. The minimum atomic E-state index is -0.552. The molecule has 0 aliphatic carbocycles. The van der Waals surface area contributed by atoms with Crippen LogP contribution in [0.5, 0.6) is 0 Å². The van der Waals surface area contributed by atoms with Crippen LogP contribution < -0.4 is 0 Å². The third-order valence-corrected chi connectivity index (χ3v) is 4.38. The standard InChI is InChI=1S/C16H27ClN2O4/c1-16(2,3)23-15(21)19-9-12(14(20)22-11-17)8-13(10-19)18-6-4-5-7-18/h12-13H,4-11H2,1-3H3. The molecule has 2 aliphatic rings. The third kappa shape index (κ3) is 5.24. The molecule has 6 nitrogen and oxygen atoms in total. The average Bonchev–Trinajstić information content (AvgIpc) is 2.99. The summed E-state index contributed by atoms with van der Waals surface area (Å²) in [5.74, 6) is -0.682. The number of alkyl halides is 1. The lowest BCUT2D eigenvalue weighted by Gasteiger charge is -2.40. The summed E-state index contributed by atoms with van der Waals surface area (Å²) in [7, 11) is 0. The number of rotatable bonds is 3. The Hall–Kier alpha value is -1.01. The largest absolute Gasteiger partial charge is 0.449 e. The molecule has 2 rings (SSSR count). The first-order chi connectivity index (χ1) is 10.8. The minimum Gasteiger partial charge on any atom is -0.449 e. The van der Waals surface area contributed by atoms with Crippen LogP contribution in [-0.2, 0) is 14.3 Å². The number of hydrogen-bond acceptors (Lipinski definition) is 5. The van der Waals surface area contributed by atoms with E-state index in [2.05, 4.69) is 4.90 Å². The highest BCUT2D eigenvalue weighted by Gasteiger charge is 2.39. The molecule has 0 aromatic rings. The molecule has 2 unspecified atom stereocenters. The molecule has 0 bridgehead atoms. The zero-order chi connectivity index (χ0) is 17.0. The van der Waals surface area contributed by atoms with Gasteiger partial charge in [0.25, 0.3) is 0 Å². The molecule has 0 saturated carbocycles. The maximum Gasteiger partial charge on any atom is 0.410 e. The van der Waals surface area contributed by atoms with Crippen molar-refractivity contribution in [2.75, 3.05) is 32.2 Å². The minimum absolute atomic E-state index is 0.157. The number of ether oxygens (including phenoxy) is 2. The number of piperidine rings is 1. The van der Waals surface area contributed by atoms with E-state index in [1.165, 1.54) is 12.8 Å². The lowest BCUT2D eigenvalue weighted by atomic mass is 9.93. The number of likely N-dealkylation sites (tertiary alicyclic amines) is 2. The van der Waals surface area contributed by atoms with Crippen molar-refractivity contribution in [3.8, 4) is 0 Å². The summed E-state index contributed by atoms with van der Waals surface area (Å²) in [6.45, 7) is 8.48. The number of nitrogens with zero attached hydrogens (tertiary/aromatic N) is 2. The molecule has 2 heterocycles. The molecule has 132 valence electrons. The summed E-state index contributed by atoms with van der Waals surface area (Å²) in [6, 6.07) is 0.0162. The summed E-state index contributed by atoms with van der Waals surface area (Å²) in [6.07, 6.45) is 2.67. The van der Waals surface area contributed by atoms with Gasteiger partial charge < -0.3 is 14.4 Å². The smallest absolute Gasteiger partial charge is 0.410 e. The molecule has 23 heavy (non-hydrogen) atoms. The van der Waals surface area contributed by atoms with Crippen LogP contribution in [0.1, 0.15) is 40.0 Å². The van der Waals surface area contributed by atoms with Gasteiger partial charge in [-0.2, -0.15) is 0 Å². The lowest BCUT2D eigenvalue weighted by Crippen LogP contribution is -2.54. The maximum atomic E-state index is 12.4. The van der Waals surface area contributed by atoms with Crippen LogP contribution in [0, 0.1) is 5.92 Å². The van der Waals surface area contributed by atoms with Gasteiger partial charge in [0.05, 0.1) is 5.92 Å². The van der Waals surface area contributed by atoms with E-state index >= 15 is 0 Å². The predicted molar refractivity (Wildman–Crippen MR) is 87.3 cm³/mol. The number of carbonyl (C=O) groups is 2. The molecule has 0 spiro atoms. The number of amides is 1. The average molecular weight is 347 g/mol. The molecule has 2 atom stereocenters. The van der Waals surface area contributed by atoms with Crippen molar-refractivity contribution in [2.45, 2.75) is 51.7 Å². The molecule has 0 radical (unpaired) electrons. The van der Waals surface area contributed by atoms with Crippen molar-refractivity contribution in [3.05, 3.63) is 0 Å². The Morgan fingerprint density at radius 3 is 2.39 bits per heavy atom. The van der Waals surface area contributed by atoms with Crippen molar-refractivity contribution in [1.29, 1.82) is 0 Å². The topological polar surface area (TPSA) is 59.1 Å². The summed E-state index contributed by atoms with van der Waals surface area (Å²) < 4.78 is 10.4. The fourth-order valence-corrected chi connectivity index (χ4v) is 3.37. The van der Waals surface area contributed by atoms with E-state index < -0.39 is 5.60 Å². The van der Waals surface area contributed by atoms with E-state index in [1.54, 1.807) is 4.90 Å². The fourth-order valence-electron chi connectivity index (χ4n) is 3.26. The van der Waals surface area contributed by atoms with E-state index in [0.717, 1.165) is 13.1 Å². The van der Waals surface area contributed by atoms with Crippen molar-refractivity contribution in [2.24, 2.45) is 5.92 Å². The summed E-state index contributed by atoms with van der Waals surface area (Å²) in [5, 5.41) is 0. The van der Waals surface area contributed by atoms with Crippen molar-refractivity contribution in [3.63, 3.8) is 0 Å². The second-order valence-corrected chi connectivity index (χ2v) is 7.51. The van der Waals surface area contributed by atoms with Gasteiger partial charge in [0.2, 0.25) is 0 Å². The van der Waals surface area contributed by atoms with Crippen molar-refractivity contribution >= 4 is 23.7 Å². The van der Waals surface area contributed by atoms with Gasteiger partial charge in [-0.1, -0.05) is 11.6 Å². The van der Waals surface area contributed by atoms with Gasteiger partial charge in [0, 0.05) is 19.1 Å². The third-order valence-electron chi connectivity index (χ3n) is 4.27. The van der Waals surface area contributed by atoms with E-state index in [-0.39, 0.29) is 30.1 Å². The Balaban J connectivity index is 2.07. The summed E-state index contributed by atoms with van der Waals surface area (Å²) in [4.78, 5) is 28.5. The van der Waals surface area contributed by atoms with Gasteiger partial charge in [0.1, 0.15) is 5.60 Å². The van der Waals surface area contributed by atoms with Gasteiger partial charge in [-0.15, -0.1) is 0 Å². The zero-order valence-corrected chi connectivity index (χ0v) is 15.0. The molecule has 0 N–H and O–H groups in total.